The summed E-state index contributed by atoms with van der Waals surface area (Å²) in [6.45, 7) is 1.08. The van der Waals surface area contributed by atoms with Gasteiger partial charge in [0.05, 0.1) is 5.92 Å². The van der Waals surface area contributed by atoms with Gasteiger partial charge in [-0.25, -0.2) is 0 Å². The third-order valence-electron chi connectivity index (χ3n) is 4.77. The number of hydrogen-bond donors (Lipinski definition) is 1. The molecule has 1 aliphatic carbocycles. The topological polar surface area (TPSA) is 75.2 Å². The van der Waals surface area contributed by atoms with Gasteiger partial charge in [-0.15, -0.1) is 10.2 Å². The van der Waals surface area contributed by atoms with Gasteiger partial charge in [0, 0.05) is 29.6 Å². The molecule has 1 atom stereocenters. The maximum atomic E-state index is 12.7. The van der Waals surface area contributed by atoms with E-state index in [9.17, 15) is 9.59 Å². The average Bonchev–Trinajstić information content (AvgIpc) is 3.41. The number of halogens is 1. The first-order valence-corrected chi connectivity index (χ1v) is 9.98. The van der Waals surface area contributed by atoms with Crippen molar-refractivity contribution in [3.8, 4) is 0 Å². The minimum atomic E-state index is -0.228. The lowest BCUT2D eigenvalue weighted by atomic mass is 9.96. The monoisotopic (exact) mass is 390 g/mol. The Morgan fingerprint density at radius 2 is 1.92 bits per heavy atom. The molecule has 4 rings (SSSR count). The summed E-state index contributed by atoms with van der Waals surface area (Å²) in [5.74, 6) is 0.150. The van der Waals surface area contributed by atoms with E-state index >= 15 is 0 Å². The SMILES string of the molecule is O=C(Nc1nnc(C2CC2)s1)[C@@H]1CCCN(C(=O)c2ccc(Cl)cc2)C1. The molecule has 0 spiro atoms. The number of carbonyl (C=O) groups is 2. The van der Waals surface area contributed by atoms with Crippen LogP contribution in [0.25, 0.3) is 0 Å². The maximum Gasteiger partial charge on any atom is 0.253 e. The zero-order chi connectivity index (χ0) is 18.1. The van der Waals surface area contributed by atoms with E-state index in [0.717, 1.165) is 30.7 Å². The number of rotatable bonds is 4. The first kappa shape index (κ1) is 17.4. The highest BCUT2D eigenvalue weighted by atomic mass is 35.5. The van der Waals surface area contributed by atoms with Crippen molar-refractivity contribution in [1.29, 1.82) is 0 Å². The van der Waals surface area contributed by atoms with Crippen molar-refractivity contribution in [1.82, 2.24) is 15.1 Å². The van der Waals surface area contributed by atoms with Crippen molar-refractivity contribution in [2.24, 2.45) is 5.92 Å². The van der Waals surface area contributed by atoms with Crippen LogP contribution in [0.5, 0.6) is 0 Å². The number of benzene rings is 1. The van der Waals surface area contributed by atoms with Crippen LogP contribution in [0.2, 0.25) is 5.02 Å². The lowest BCUT2D eigenvalue weighted by molar-refractivity contribution is -0.121. The summed E-state index contributed by atoms with van der Waals surface area (Å²) in [6, 6.07) is 6.84. The van der Waals surface area contributed by atoms with Crippen molar-refractivity contribution >= 4 is 39.9 Å². The molecule has 2 amide bonds. The molecular formula is C18H19ClN4O2S. The molecule has 26 heavy (non-hydrogen) atoms. The molecule has 2 fully saturated rings. The fraction of sp³-hybridized carbons (Fsp3) is 0.444. The van der Waals surface area contributed by atoms with Crippen LogP contribution in [0.15, 0.2) is 24.3 Å². The Morgan fingerprint density at radius 3 is 2.65 bits per heavy atom. The van der Waals surface area contributed by atoms with E-state index in [4.69, 9.17) is 11.6 Å². The predicted octanol–water partition coefficient (Wildman–Crippen LogP) is 3.56. The van der Waals surface area contributed by atoms with Crippen molar-refractivity contribution in [2.75, 3.05) is 18.4 Å². The molecule has 1 N–H and O–H groups in total. The molecule has 0 unspecified atom stereocenters. The average molecular weight is 391 g/mol. The molecular weight excluding hydrogens is 372 g/mol. The van der Waals surface area contributed by atoms with Gasteiger partial charge in [0.25, 0.3) is 5.91 Å². The number of hydrogen-bond acceptors (Lipinski definition) is 5. The maximum absolute atomic E-state index is 12.7. The van der Waals surface area contributed by atoms with E-state index in [-0.39, 0.29) is 17.7 Å². The summed E-state index contributed by atoms with van der Waals surface area (Å²) in [4.78, 5) is 27.0. The largest absolute Gasteiger partial charge is 0.338 e. The van der Waals surface area contributed by atoms with Crippen LogP contribution < -0.4 is 5.32 Å². The molecule has 1 aliphatic heterocycles. The Hall–Kier alpha value is -1.99. The molecule has 136 valence electrons. The number of aromatic nitrogens is 2. The quantitative estimate of drug-likeness (QED) is 0.866. The van der Waals surface area contributed by atoms with Gasteiger partial charge in [-0.3, -0.25) is 9.59 Å². The summed E-state index contributed by atoms with van der Waals surface area (Å²) in [5, 5.41) is 13.2. The van der Waals surface area contributed by atoms with Crippen LogP contribution in [0.4, 0.5) is 5.13 Å². The van der Waals surface area contributed by atoms with Gasteiger partial charge in [-0.1, -0.05) is 22.9 Å². The van der Waals surface area contributed by atoms with Crippen LogP contribution in [-0.4, -0.2) is 40.0 Å². The van der Waals surface area contributed by atoms with Crippen LogP contribution >= 0.6 is 22.9 Å². The lowest BCUT2D eigenvalue weighted by Gasteiger charge is -2.32. The fourth-order valence-corrected chi connectivity index (χ4v) is 4.18. The molecule has 0 radical (unpaired) electrons. The zero-order valence-corrected chi connectivity index (χ0v) is 15.7. The van der Waals surface area contributed by atoms with E-state index in [1.807, 2.05) is 0 Å². The molecule has 1 saturated carbocycles. The van der Waals surface area contributed by atoms with E-state index in [1.54, 1.807) is 29.2 Å². The minimum absolute atomic E-state index is 0.0638. The third kappa shape index (κ3) is 3.88. The zero-order valence-electron chi connectivity index (χ0n) is 14.2. The second kappa shape index (κ2) is 7.32. The Bertz CT molecular complexity index is 819. The Labute approximate surface area is 160 Å². The normalized spacial score (nSPS) is 20.0. The van der Waals surface area contributed by atoms with Crippen LogP contribution in [-0.2, 0) is 4.79 Å². The number of anilines is 1. The molecule has 1 saturated heterocycles. The molecule has 8 heteroatoms. The molecule has 2 heterocycles. The number of amides is 2. The van der Waals surface area contributed by atoms with Crippen molar-refractivity contribution in [3.05, 3.63) is 39.9 Å². The second-order valence-corrected chi connectivity index (χ2v) is 8.25. The van der Waals surface area contributed by atoms with E-state index in [2.05, 4.69) is 15.5 Å². The summed E-state index contributed by atoms with van der Waals surface area (Å²) in [5.41, 5.74) is 0.591. The highest BCUT2D eigenvalue weighted by molar-refractivity contribution is 7.15. The van der Waals surface area contributed by atoms with Gasteiger partial charge >= 0.3 is 0 Å². The van der Waals surface area contributed by atoms with E-state index in [1.165, 1.54) is 11.3 Å². The first-order chi connectivity index (χ1) is 12.6. The molecule has 1 aromatic carbocycles. The summed E-state index contributed by atoms with van der Waals surface area (Å²) < 4.78 is 0. The first-order valence-electron chi connectivity index (χ1n) is 8.79. The lowest BCUT2D eigenvalue weighted by Crippen LogP contribution is -2.43. The molecule has 2 aromatic rings. The Kier molecular flexibility index (Phi) is 4.91. The number of likely N-dealkylation sites (tertiary alicyclic amines) is 1. The van der Waals surface area contributed by atoms with Gasteiger partial charge in [0.15, 0.2) is 0 Å². The van der Waals surface area contributed by atoms with E-state index < -0.39 is 0 Å². The highest BCUT2D eigenvalue weighted by Crippen LogP contribution is 2.42. The Morgan fingerprint density at radius 1 is 1.15 bits per heavy atom. The molecule has 0 bridgehead atoms. The Balaban J connectivity index is 1.38. The third-order valence-corrected chi connectivity index (χ3v) is 6.02. The molecule has 1 aromatic heterocycles. The van der Waals surface area contributed by atoms with Crippen LogP contribution in [0.3, 0.4) is 0 Å². The second-order valence-electron chi connectivity index (χ2n) is 6.81. The van der Waals surface area contributed by atoms with Crippen molar-refractivity contribution in [3.63, 3.8) is 0 Å². The van der Waals surface area contributed by atoms with E-state index in [0.29, 0.717) is 34.7 Å². The van der Waals surface area contributed by atoms with Crippen LogP contribution in [0, 0.1) is 5.92 Å². The van der Waals surface area contributed by atoms with Gasteiger partial charge in [-0.05, 0) is 49.9 Å². The van der Waals surface area contributed by atoms with Crippen molar-refractivity contribution in [2.45, 2.75) is 31.6 Å². The van der Waals surface area contributed by atoms with Gasteiger partial charge in [0.1, 0.15) is 5.01 Å². The number of nitrogens with zero attached hydrogens (tertiary/aromatic N) is 3. The number of carbonyl (C=O) groups excluding carboxylic acids is 2. The van der Waals surface area contributed by atoms with Gasteiger partial charge in [0.2, 0.25) is 11.0 Å². The smallest absolute Gasteiger partial charge is 0.253 e. The van der Waals surface area contributed by atoms with Crippen molar-refractivity contribution < 1.29 is 9.59 Å². The number of piperidine rings is 1. The summed E-state index contributed by atoms with van der Waals surface area (Å²) in [6.07, 6.45) is 3.89. The van der Waals surface area contributed by atoms with Crippen LogP contribution in [0.1, 0.15) is 47.0 Å². The summed E-state index contributed by atoms with van der Waals surface area (Å²) >= 11 is 7.33. The van der Waals surface area contributed by atoms with Gasteiger partial charge in [-0.2, -0.15) is 0 Å². The fourth-order valence-electron chi connectivity index (χ4n) is 3.14. The molecule has 6 nitrogen and oxygen atoms in total. The standard InChI is InChI=1S/C18H19ClN4O2S/c19-14-7-5-12(6-8-14)17(25)23-9-1-2-13(10-23)15(24)20-18-22-21-16(26-18)11-3-4-11/h5-8,11,13H,1-4,9-10H2,(H,20,22,24)/t13-/m1/s1. The minimum Gasteiger partial charge on any atom is -0.338 e. The summed E-state index contributed by atoms with van der Waals surface area (Å²) in [7, 11) is 0. The molecule has 2 aliphatic rings. The number of nitrogens with one attached hydrogen (secondary N) is 1. The highest BCUT2D eigenvalue weighted by Gasteiger charge is 2.31. The van der Waals surface area contributed by atoms with Gasteiger partial charge < -0.3 is 10.2 Å². The predicted molar refractivity (Wildman–Crippen MR) is 101 cm³/mol.